The first-order valence-corrected chi connectivity index (χ1v) is 9.29. The van der Waals surface area contributed by atoms with Crippen LogP contribution in [0.2, 0.25) is 0 Å². The molecule has 0 saturated carbocycles. The van der Waals surface area contributed by atoms with Crippen LogP contribution in [0.15, 0.2) is 53.4 Å². The molecule has 7 heteroatoms. The average Bonchev–Trinajstić information content (AvgIpc) is 3.03. The van der Waals surface area contributed by atoms with Gasteiger partial charge in [-0.25, -0.2) is 4.98 Å². The molecule has 6 nitrogen and oxygen atoms in total. The molecule has 2 aromatic carbocycles. The van der Waals surface area contributed by atoms with Gasteiger partial charge in [0, 0.05) is 30.5 Å². The van der Waals surface area contributed by atoms with Crippen LogP contribution in [-0.2, 0) is 16.0 Å². The van der Waals surface area contributed by atoms with Crippen molar-refractivity contribution in [3.05, 3.63) is 54.4 Å². The third-order valence-corrected chi connectivity index (χ3v) is 4.68. The number of anilines is 1. The van der Waals surface area contributed by atoms with Crippen molar-refractivity contribution in [2.45, 2.75) is 18.2 Å². The first-order chi connectivity index (χ1) is 12.6. The molecule has 0 radical (unpaired) electrons. The molecule has 2 amide bonds. The van der Waals surface area contributed by atoms with Crippen molar-refractivity contribution in [1.82, 2.24) is 15.3 Å². The molecule has 0 fully saturated rings. The molecule has 0 aliphatic carbocycles. The molecule has 3 rings (SSSR count). The lowest BCUT2D eigenvalue weighted by Crippen LogP contribution is -2.27. The number of para-hydroxylation sites is 2. The van der Waals surface area contributed by atoms with Gasteiger partial charge in [-0.05, 0) is 36.4 Å². The molecule has 0 spiro atoms. The molecule has 1 aromatic heterocycles. The number of benzene rings is 2. The zero-order chi connectivity index (χ0) is 18.4. The number of fused-ring (bicyclic) bond motifs is 1. The highest BCUT2D eigenvalue weighted by Gasteiger charge is 2.05. The molecular formula is C19H20N4O2S. The number of carbonyl (C=O) groups is 2. The molecule has 26 heavy (non-hydrogen) atoms. The Bertz CT molecular complexity index is 872. The van der Waals surface area contributed by atoms with E-state index in [0.29, 0.717) is 18.7 Å². The minimum absolute atomic E-state index is 0.0166. The van der Waals surface area contributed by atoms with Crippen LogP contribution in [0.3, 0.4) is 0 Å². The number of thioether (sulfide) groups is 1. The summed E-state index contributed by atoms with van der Waals surface area (Å²) in [7, 11) is 0. The summed E-state index contributed by atoms with van der Waals surface area (Å²) in [6.07, 6.45) is 0.663. The first-order valence-electron chi connectivity index (χ1n) is 8.31. The topological polar surface area (TPSA) is 86.9 Å². The Morgan fingerprint density at radius 1 is 1.12 bits per heavy atom. The van der Waals surface area contributed by atoms with Gasteiger partial charge in [0.25, 0.3) is 0 Å². The fourth-order valence-electron chi connectivity index (χ4n) is 2.48. The highest BCUT2D eigenvalue weighted by Crippen LogP contribution is 2.20. The van der Waals surface area contributed by atoms with Gasteiger partial charge in [0.1, 0.15) is 5.82 Å². The van der Waals surface area contributed by atoms with Crippen molar-refractivity contribution >= 4 is 40.3 Å². The summed E-state index contributed by atoms with van der Waals surface area (Å²) in [5.41, 5.74) is 2.69. The van der Waals surface area contributed by atoms with Crippen molar-refractivity contribution in [2.75, 3.05) is 17.6 Å². The zero-order valence-corrected chi connectivity index (χ0v) is 15.2. The van der Waals surface area contributed by atoms with Crippen molar-refractivity contribution in [3.8, 4) is 0 Å². The van der Waals surface area contributed by atoms with Crippen LogP contribution < -0.4 is 10.6 Å². The van der Waals surface area contributed by atoms with Gasteiger partial charge in [-0.1, -0.05) is 12.1 Å². The normalized spacial score (nSPS) is 10.7. The summed E-state index contributed by atoms with van der Waals surface area (Å²) in [4.78, 5) is 31.7. The Kier molecular flexibility index (Phi) is 5.91. The third-order valence-electron chi connectivity index (χ3n) is 3.67. The van der Waals surface area contributed by atoms with Gasteiger partial charge in [0.15, 0.2) is 0 Å². The van der Waals surface area contributed by atoms with E-state index in [1.54, 1.807) is 0 Å². The van der Waals surface area contributed by atoms with Gasteiger partial charge >= 0.3 is 0 Å². The lowest BCUT2D eigenvalue weighted by Gasteiger charge is -2.06. The van der Waals surface area contributed by atoms with Gasteiger partial charge in [-0.3, -0.25) is 9.59 Å². The number of carbonyl (C=O) groups excluding carboxylic acids is 2. The molecule has 0 atom stereocenters. The SMILES string of the molecule is CC(=O)Nc1ccc(SCC(=O)NCCc2nc3ccccc3[nH]2)cc1. The summed E-state index contributed by atoms with van der Waals surface area (Å²) in [6.45, 7) is 2.01. The Labute approximate surface area is 155 Å². The van der Waals surface area contributed by atoms with Crippen LogP contribution in [0, 0.1) is 0 Å². The minimum Gasteiger partial charge on any atom is -0.355 e. The molecule has 3 aromatic rings. The second kappa shape index (κ2) is 8.53. The zero-order valence-electron chi connectivity index (χ0n) is 14.4. The number of aromatic amines is 1. The molecule has 3 N–H and O–H groups in total. The van der Waals surface area contributed by atoms with E-state index in [1.165, 1.54) is 18.7 Å². The Balaban J connectivity index is 1.40. The van der Waals surface area contributed by atoms with Crippen LogP contribution in [0.4, 0.5) is 5.69 Å². The Morgan fingerprint density at radius 3 is 2.62 bits per heavy atom. The monoisotopic (exact) mass is 368 g/mol. The summed E-state index contributed by atoms with van der Waals surface area (Å²) >= 11 is 1.46. The summed E-state index contributed by atoms with van der Waals surface area (Å²) in [6, 6.07) is 15.3. The van der Waals surface area contributed by atoms with E-state index in [0.717, 1.165) is 27.4 Å². The number of rotatable bonds is 7. The van der Waals surface area contributed by atoms with E-state index >= 15 is 0 Å². The fourth-order valence-corrected chi connectivity index (χ4v) is 3.21. The molecule has 0 bridgehead atoms. The molecule has 0 aliphatic rings. The number of nitrogens with one attached hydrogen (secondary N) is 3. The van der Waals surface area contributed by atoms with E-state index < -0.39 is 0 Å². The van der Waals surface area contributed by atoms with Gasteiger partial charge in [0.05, 0.1) is 16.8 Å². The van der Waals surface area contributed by atoms with E-state index in [2.05, 4.69) is 20.6 Å². The van der Waals surface area contributed by atoms with E-state index in [9.17, 15) is 9.59 Å². The average molecular weight is 368 g/mol. The smallest absolute Gasteiger partial charge is 0.230 e. The second-order valence-electron chi connectivity index (χ2n) is 5.79. The second-order valence-corrected chi connectivity index (χ2v) is 6.84. The fraction of sp³-hybridized carbons (Fsp3) is 0.211. The number of H-pyrrole nitrogens is 1. The number of hydrogen-bond donors (Lipinski definition) is 3. The lowest BCUT2D eigenvalue weighted by molar-refractivity contribution is -0.118. The molecule has 0 saturated heterocycles. The molecule has 134 valence electrons. The number of aromatic nitrogens is 2. The molecular weight excluding hydrogens is 348 g/mol. The number of imidazole rings is 1. The van der Waals surface area contributed by atoms with Crippen LogP contribution in [-0.4, -0.2) is 34.1 Å². The van der Waals surface area contributed by atoms with Crippen molar-refractivity contribution in [3.63, 3.8) is 0 Å². The third kappa shape index (κ3) is 5.10. The van der Waals surface area contributed by atoms with Crippen LogP contribution in [0.1, 0.15) is 12.7 Å². The summed E-state index contributed by atoms with van der Waals surface area (Å²) < 4.78 is 0. The van der Waals surface area contributed by atoms with E-state index in [1.807, 2.05) is 48.5 Å². The summed E-state index contributed by atoms with van der Waals surface area (Å²) in [5.74, 6) is 1.10. The van der Waals surface area contributed by atoms with Crippen LogP contribution >= 0.6 is 11.8 Å². The predicted molar refractivity (Wildman–Crippen MR) is 104 cm³/mol. The van der Waals surface area contributed by atoms with Crippen LogP contribution in [0.5, 0.6) is 0 Å². The van der Waals surface area contributed by atoms with Gasteiger partial charge in [-0.15, -0.1) is 11.8 Å². The van der Waals surface area contributed by atoms with E-state index in [-0.39, 0.29) is 11.8 Å². The maximum atomic E-state index is 12.0. The quantitative estimate of drug-likeness (QED) is 0.560. The number of hydrogen-bond acceptors (Lipinski definition) is 4. The van der Waals surface area contributed by atoms with E-state index in [4.69, 9.17) is 0 Å². The highest BCUT2D eigenvalue weighted by molar-refractivity contribution is 8.00. The minimum atomic E-state index is -0.103. The Morgan fingerprint density at radius 2 is 1.88 bits per heavy atom. The standard InChI is InChI=1S/C19H20N4O2S/c1-13(24)21-14-6-8-15(9-7-14)26-12-19(25)20-11-10-18-22-16-4-2-3-5-17(16)23-18/h2-9H,10-12H2,1H3,(H,20,25)(H,21,24)(H,22,23). The van der Waals surface area contributed by atoms with Crippen molar-refractivity contribution in [1.29, 1.82) is 0 Å². The summed E-state index contributed by atoms with van der Waals surface area (Å²) in [5, 5.41) is 5.62. The van der Waals surface area contributed by atoms with Crippen LogP contribution in [0.25, 0.3) is 11.0 Å². The van der Waals surface area contributed by atoms with Crippen molar-refractivity contribution < 1.29 is 9.59 Å². The highest BCUT2D eigenvalue weighted by atomic mass is 32.2. The van der Waals surface area contributed by atoms with Gasteiger partial charge < -0.3 is 15.6 Å². The van der Waals surface area contributed by atoms with Crippen molar-refractivity contribution in [2.24, 2.45) is 0 Å². The number of amides is 2. The van der Waals surface area contributed by atoms with Gasteiger partial charge in [-0.2, -0.15) is 0 Å². The lowest BCUT2D eigenvalue weighted by atomic mass is 10.3. The Hall–Kier alpha value is -2.80. The maximum Gasteiger partial charge on any atom is 0.230 e. The maximum absolute atomic E-state index is 12.0. The molecule has 0 unspecified atom stereocenters. The molecule has 0 aliphatic heterocycles. The molecule has 1 heterocycles. The number of nitrogens with zero attached hydrogens (tertiary/aromatic N) is 1. The first kappa shape index (κ1) is 18.0. The van der Waals surface area contributed by atoms with Gasteiger partial charge in [0.2, 0.25) is 11.8 Å². The largest absolute Gasteiger partial charge is 0.355 e. The predicted octanol–water partition coefficient (Wildman–Crippen LogP) is 2.97.